The van der Waals surface area contributed by atoms with E-state index >= 15 is 0 Å². The molecule has 1 fully saturated rings. The van der Waals surface area contributed by atoms with Gasteiger partial charge in [0.15, 0.2) is 0 Å². The molecule has 0 aliphatic carbocycles. The van der Waals surface area contributed by atoms with Gasteiger partial charge in [-0.05, 0) is 43.0 Å². The lowest BCUT2D eigenvalue weighted by molar-refractivity contribution is 0.178. The SMILES string of the molecule is N#Cc1cc(Cl)c(Cl)cc1NC(=O)N1[C@@H]2CC[C@H]1c1ccnc(F)c1C2. The number of anilines is 1. The molecule has 2 aliphatic heterocycles. The fourth-order valence-corrected chi connectivity index (χ4v) is 4.18. The van der Waals surface area contributed by atoms with Crippen molar-refractivity contribution in [3.63, 3.8) is 0 Å². The van der Waals surface area contributed by atoms with Crippen LogP contribution in [0.3, 0.4) is 0 Å². The highest BCUT2D eigenvalue weighted by molar-refractivity contribution is 6.42. The number of aromatic nitrogens is 1. The Hall–Kier alpha value is -2.36. The summed E-state index contributed by atoms with van der Waals surface area (Å²) in [5.74, 6) is -0.462. The van der Waals surface area contributed by atoms with Crippen LogP contribution in [0.1, 0.15) is 35.6 Å². The van der Waals surface area contributed by atoms with E-state index in [9.17, 15) is 14.4 Å². The van der Waals surface area contributed by atoms with Crippen LogP contribution in [-0.2, 0) is 6.42 Å². The maximum atomic E-state index is 14.0. The van der Waals surface area contributed by atoms with Crippen LogP contribution in [0, 0.1) is 17.3 Å². The first-order valence-electron chi connectivity index (χ1n) is 8.11. The highest BCUT2D eigenvalue weighted by atomic mass is 35.5. The van der Waals surface area contributed by atoms with Crippen molar-refractivity contribution in [2.75, 3.05) is 5.32 Å². The second-order valence-electron chi connectivity index (χ2n) is 6.38. The second kappa shape index (κ2) is 6.42. The van der Waals surface area contributed by atoms with Gasteiger partial charge < -0.3 is 10.2 Å². The third kappa shape index (κ3) is 2.68. The zero-order valence-electron chi connectivity index (χ0n) is 13.5. The molecule has 1 saturated heterocycles. The lowest BCUT2D eigenvalue weighted by Crippen LogP contribution is -2.44. The molecule has 0 spiro atoms. The fraction of sp³-hybridized carbons (Fsp3) is 0.278. The maximum absolute atomic E-state index is 14.0. The van der Waals surface area contributed by atoms with E-state index in [1.54, 1.807) is 11.0 Å². The van der Waals surface area contributed by atoms with E-state index < -0.39 is 5.95 Å². The summed E-state index contributed by atoms with van der Waals surface area (Å²) >= 11 is 11.9. The quantitative estimate of drug-likeness (QED) is 0.717. The number of rotatable bonds is 1. The van der Waals surface area contributed by atoms with Crippen molar-refractivity contribution >= 4 is 34.9 Å². The third-order valence-electron chi connectivity index (χ3n) is 5.00. The Morgan fingerprint density at radius 1 is 1.35 bits per heavy atom. The van der Waals surface area contributed by atoms with Crippen molar-refractivity contribution in [3.05, 3.63) is 57.1 Å². The van der Waals surface area contributed by atoms with Gasteiger partial charge in [-0.1, -0.05) is 23.2 Å². The molecule has 0 saturated carbocycles. The summed E-state index contributed by atoms with van der Waals surface area (Å²) in [5.41, 5.74) is 1.93. The van der Waals surface area contributed by atoms with Gasteiger partial charge in [0.1, 0.15) is 6.07 Å². The summed E-state index contributed by atoms with van der Waals surface area (Å²) in [4.78, 5) is 18.4. The number of nitrogens with one attached hydrogen (secondary N) is 1. The molecule has 0 unspecified atom stereocenters. The maximum Gasteiger partial charge on any atom is 0.322 e. The lowest BCUT2D eigenvalue weighted by Gasteiger charge is -2.36. The van der Waals surface area contributed by atoms with Crippen molar-refractivity contribution in [1.82, 2.24) is 9.88 Å². The molecule has 2 atom stereocenters. The molecule has 2 aromatic rings. The first-order chi connectivity index (χ1) is 12.5. The zero-order valence-corrected chi connectivity index (χ0v) is 15.0. The number of halogens is 3. The van der Waals surface area contributed by atoms with Crippen molar-refractivity contribution < 1.29 is 9.18 Å². The Morgan fingerprint density at radius 3 is 2.88 bits per heavy atom. The van der Waals surface area contributed by atoms with Gasteiger partial charge in [0.2, 0.25) is 5.95 Å². The minimum atomic E-state index is -0.462. The molecule has 1 aromatic heterocycles. The molecule has 4 rings (SSSR count). The van der Waals surface area contributed by atoms with Crippen LogP contribution in [-0.4, -0.2) is 22.0 Å². The van der Waals surface area contributed by atoms with Crippen molar-refractivity contribution in [3.8, 4) is 6.07 Å². The Kier molecular flexibility index (Phi) is 4.22. The van der Waals surface area contributed by atoms with Gasteiger partial charge >= 0.3 is 6.03 Å². The van der Waals surface area contributed by atoms with Gasteiger partial charge in [-0.2, -0.15) is 9.65 Å². The van der Waals surface area contributed by atoms with Gasteiger partial charge in [0.05, 0.1) is 27.3 Å². The predicted octanol–water partition coefficient (Wildman–Crippen LogP) is 4.69. The molecule has 5 nitrogen and oxygen atoms in total. The fourth-order valence-electron chi connectivity index (χ4n) is 3.85. The van der Waals surface area contributed by atoms with E-state index in [1.807, 2.05) is 6.07 Å². The van der Waals surface area contributed by atoms with Gasteiger partial charge in [0.25, 0.3) is 0 Å². The number of carbonyl (C=O) groups is 1. The van der Waals surface area contributed by atoms with Gasteiger partial charge in [-0.3, -0.25) is 0 Å². The smallest absolute Gasteiger partial charge is 0.314 e. The number of nitriles is 1. The number of urea groups is 1. The van der Waals surface area contributed by atoms with Crippen LogP contribution in [0.25, 0.3) is 0 Å². The summed E-state index contributed by atoms with van der Waals surface area (Å²) in [5, 5.41) is 12.5. The summed E-state index contributed by atoms with van der Waals surface area (Å²) in [7, 11) is 0. The number of nitrogens with zero attached hydrogens (tertiary/aromatic N) is 3. The number of pyridine rings is 1. The van der Waals surface area contributed by atoms with E-state index in [-0.39, 0.29) is 33.7 Å². The zero-order chi connectivity index (χ0) is 18.4. The predicted molar refractivity (Wildman–Crippen MR) is 95.7 cm³/mol. The summed E-state index contributed by atoms with van der Waals surface area (Å²) in [6.07, 6.45) is 3.42. The van der Waals surface area contributed by atoms with Crippen LogP contribution in [0.15, 0.2) is 24.4 Å². The first kappa shape index (κ1) is 17.1. The highest BCUT2D eigenvalue weighted by Crippen LogP contribution is 2.44. The highest BCUT2D eigenvalue weighted by Gasteiger charge is 2.43. The van der Waals surface area contributed by atoms with Crippen molar-refractivity contribution in [2.24, 2.45) is 0 Å². The van der Waals surface area contributed by atoms with Crippen LogP contribution >= 0.6 is 23.2 Å². The normalized spacial score (nSPS) is 20.5. The van der Waals surface area contributed by atoms with Crippen LogP contribution in [0.2, 0.25) is 10.0 Å². The number of carbonyl (C=O) groups excluding carboxylic acids is 1. The Balaban J connectivity index is 1.65. The lowest BCUT2D eigenvalue weighted by atomic mass is 9.95. The minimum absolute atomic E-state index is 0.0977. The van der Waals surface area contributed by atoms with E-state index in [4.69, 9.17) is 23.2 Å². The molecule has 2 aliphatic rings. The Morgan fingerprint density at radius 2 is 2.12 bits per heavy atom. The number of fused-ring (bicyclic) bond motifs is 4. The molecule has 2 bridgehead atoms. The van der Waals surface area contributed by atoms with E-state index in [1.165, 1.54) is 18.3 Å². The van der Waals surface area contributed by atoms with Crippen LogP contribution in [0.5, 0.6) is 0 Å². The summed E-state index contributed by atoms with van der Waals surface area (Å²) in [6, 6.07) is 6.01. The molecular formula is C18H13Cl2FN4O. The molecule has 2 amide bonds. The second-order valence-corrected chi connectivity index (χ2v) is 7.20. The van der Waals surface area contributed by atoms with Crippen LogP contribution in [0.4, 0.5) is 14.9 Å². The van der Waals surface area contributed by atoms with E-state index in [0.29, 0.717) is 17.7 Å². The topological polar surface area (TPSA) is 69.0 Å². The molecule has 1 N–H and O–H groups in total. The molecule has 8 heteroatoms. The number of benzene rings is 1. The Bertz CT molecular complexity index is 959. The molecule has 26 heavy (non-hydrogen) atoms. The molecule has 1 aromatic carbocycles. The average Bonchev–Trinajstić information content (AvgIpc) is 2.94. The third-order valence-corrected chi connectivity index (χ3v) is 5.72. The number of hydrogen-bond acceptors (Lipinski definition) is 3. The first-order valence-corrected chi connectivity index (χ1v) is 8.87. The largest absolute Gasteiger partial charge is 0.322 e. The Labute approximate surface area is 159 Å². The van der Waals surface area contributed by atoms with Crippen molar-refractivity contribution in [1.29, 1.82) is 5.26 Å². The van der Waals surface area contributed by atoms with Gasteiger partial charge in [-0.25, -0.2) is 9.78 Å². The van der Waals surface area contributed by atoms with E-state index in [0.717, 1.165) is 18.4 Å². The van der Waals surface area contributed by atoms with Gasteiger partial charge in [-0.15, -0.1) is 0 Å². The number of hydrogen-bond donors (Lipinski definition) is 1. The number of amides is 2. The van der Waals surface area contributed by atoms with Crippen molar-refractivity contribution in [2.45, 2.75) is 31.3 Å². The van der Waals surface area contributed by atoms with Crippen LogP contribution < -0.4 is 5.32 Å². The molecular weight excluding hydrogens is 378 g/mol. The monoisotopic (exact) mass is 390 g/mol. The average molecular weight is 391 g/mol. The van der Waals surface area contributed by atoms with Gasteiger partial charge in [0, 0.05) is 17.8 Å². The molecule has 0 radical (unpaired) electrons. The standard InChI is InChI=1S/C18H13Cl2FN4O/c19-13-5-9(8-22)15(7-14(13)20)24-18(26)25-10-1-2-16(25)11-3-4-23-17(21)12(11)6-10/h3-5,7,10,16H,1-2,6H2,(H,24,26)/t10-,16+/m1/s1. The summed E-state index contributed by atoms with van der Waals surface area (Å²) in [6.45, 7) is 0. The minimum Gasteiger partial charge on any atom is -0.314 e. The molecule has 3 heterocycles. The van der Waals surface area contributed by atoms with E-state index in [2.05, 4.69) is 10.3 Å². The summed E-state index contributed by atoms with van der Waals surface area (Å²) < 4.78 is 14.0. The molecule has 132 valence electrons.